The lowest BCUT2D eigenvalue weighted by Crippen LogP contribution is -2.21. The van der Waals surface area contributed by atoms with E-state index in [-0.39, 0.29) is 11.8 Å². The first-order valence-electron chi connectivity index (χ1n) is 13.7. The first-order valence-corrected chi connectivity index (χ1v) is 13.7. The fourth-order valence-electron chi connectivity index (χ4n) is 4.34. The zero-order valence-electron chi connectivity index (χ0n) is 24.4. The van der Waals surface area contributed by atoms with Gasteiger partial charge in [0.2, 0.25) is 11.9 Å². The highest BCUT2D eigenvalue weighted by Crippen LogP contribution is 2.28. The normalized spacial score (nSPS) is 11.2. The molecule has 0 fully saturated rings. The molecule has 0 atom stereocenters. The molecule has 0 saturated heterocycles. The van der Waals surface area contributed by atoms with Crippen molar-refractivity contribution >= 4 is 35.1 Å². The van der Waals surface area contributed by atoms with Gasteiger partial charge in [0.05, 0.1) is 29.2 Å². The van der Waals surface area contributed by atoms with Gasteiger partial charge in [0.15, 0.2) is 0 Å². The quantitative estimate of drug-likeness (QED) is 0.184. The number of urea groups is 1. The molecule has 5 N–H and O–H groups in total. The van der Waals surface area contributed by atoms with Gasteiger partial charge in [0.25, 0.3) is 0 Å². The van der Waals surface area contributed by atoms with E-state index in [2.05, 4.69) is 30.9 Å². The highest BCUT2D eigenvalue weighted by Gasteiger charge is 2.22. The van der Waals surface area contributed by atoms with Gasteiger partial charge in [-0.05, 0) is 60.5 Å². The van der Waals surface area contributed by atoms with E-state index in [4.69, 9.17) is 10.8 Å². The van der Waals surface area contributed by atoms with E-state index in [0.717, 1.165) is 28.2 Å². The van der Waals surface area contributed by atoms with Gasteiger partial charge in [-0.1, -0.05) is 45.0 Å². The van der Waals surface area contributed by atoms with Crippen LogP contribution in [0.4, 0.5) is 27.9 Å². The first-order chi connectivity index (χ1) is 20.5. The molecular weight excluding hydrogens is 542 g/mol. The van der Waals surface area contributed by atoms with E-state index >= 15 is 0 Å². The van der Waals surface area contributed by atoms with Crippen molar-refractivity contribution in [3.8, 4) is 17.1 Å². The number of anilines is 4. The molecule has 3 aromatic heterocycles. The predicted molar refractivity (Wildman–Crippen MR) is 168 cm³/mol. The second kappa shape index (κ2) is 12.1. The van der Waals surface area contributed by atoms with Gasteiger partial charge in [-0.3, -0.25) is 15.1 Å². The number of primary amides is 1. The number of carbonyl (C=O) groups is 2. The number of nitrogens with zero attached hydrogens (tertiary/aromatic N) is 5. The van der Waals surface area contributed by atoms with Crippen LogP contribution in [0.25, 0.3) is 17.1 Å². The molecule has 11 heteroatoms. The van der Waals surface area contributed by atoms with Crippen molar-refractivity contribution < 1.29 is 9.59 Å². The maximum Gasteiger partial charge on any atom is 0.324 e. The van der Waals surface area contributed by atoms with Crippen LogP contribution in [0.2, 0.25) is 0 Å². The van der Waals surface area contributed by atoms with Gasteiger partial charge >= 0.3 is 6.03 Å². The second-order valence-corrected chi connectivity index (χ2v) is 11.1. The highest BCUT2D eigenvalue weighted by molar-refractivity contribution is 5.99. The molecule has 0 unspecified atom stereocenters. The third-order valence-corrected chi connectivity index (χ3v) is 6.58. The molecule has 0 spiro atoms. The molecule has 5 aromatic rings. The Hall–Kier alpha value is -5.58. The van der Waals surface area contributed by atoms with Crippen molar-refractivity contribution in [2.45, 2.75) is 39.5 Å². The molecule has 43 heavy (non-hydrogen) atoms. The molecule has 0 aliphatic carbocycles. The van der Waals surface area contributed by atoms with Crippen LogP contribution in [0.15, 0.2) is 85.2 Å². The van der Waals surface area contributed by atoms with Crippen molar-refractivity contribution in [2.75, 3.05) is 16.0 Å². The lowest BCUT2D eigenvalue weighted by Gasteiger charge is -2.14. The van der Waals surface area contributed by atoms with Crippen molar-refractivity contribution in [2.24, 2.45) is 5.73 Å². The molecule has 218 valence electrons. The highest BCUT2D eigenvalue weighted by atomic mass is 16.2. The molecule has 5 rings (SSSR count). The number of carbonyl (C=O) groups excluding carboxylic acids is 2. The third kappa shape index (κ3) is 7.20. The van der Waals surface area contributed by atoms with Crippen molar-refractivity contribution in [1.82, 2.24) is 24.7 Å². The summed E-state index contributed by atoms with van der Waals surface area (Å²) in [4.78, 5) is 38.0. The largest absolute Gasteiger partial charge is 0.369 e. The number of hydrogen-bond acceptors (Lipinski definition) is 7. The van der Waals surface area contributed by atoms with Crippen LogP contribution in [0.1, 0.15) is 37.6 Å². The van der Waals surface area contributed by atoms with Gasteiger partial charge in [0, 0.05) is 35.2 Å². The summed E-state index contributed by atoms with van der Waals surface area (Å²) < 4.78 is 1.65. The molecule has 0 bridgehead atoms. The summed E-state index contributed by atoms with van der Waals surface area (Å²) >= 11 is 0. The Kier molecular flexibility index (Phi) is 8.15. The van der Waals surface area contributed by atoms with Gasteiger partial charge in [-0.2, -0.15) is 5.10 Å². The number of hydrogen-bond donors (Lipinski definition) is 4. The molecule has 0 radical (unpaired) electrons. The van der Waals surface area contributed by atoms with E-state index in [0.29, 0.717) is 28.8 Å². The fourth-order valence-corrected chi connectivity index (χ4v) is 4.34. The first kappa shape index (κ1) is 28.9. The van der Waals surface area contributed by atoms with Crippen LogP contribution in [-0.4, -0.2) is 36.7 Å². The summed E-state index contributed by atoms with van der Waals surface area (Å²) in [6.07, 6.45) is 3.49. The maximum atomic E-state index is 13.2. The van der Waals surface area contributed by atoms with Crippen LogP contribution in [-0.2, 0) is 16.6 Å². The Morgan fingerprint density at radius 3 is 2.47 bits per heavy atom. The molecule has 2 aromatic carbocycles. The molecular formula is C32H33N9O2. The molecule has 0 aliphatic rings. The molecule has 0 aliphatic heterocycles. The lowest BCUT2D eigenvalue weighted by atomic mass is 9.92. The number of nitrogens with two attached hydrogens (primary N) is 1. The molecule has 0 saturated carbocycles. The SMILES string of the molecule is Cc1ccc(NC(=O)Nc2cc(C(C)(C)C)nn2-c2cccc(CC(N)=O)c2)cc1Nc1nccc(-c2ccccn2)n1. The van der Waals surface area contributed by atoms with Crippen molar-refractivity contribution in [1.29, 1.82) is 0 Å². The minimum atomic E-state index is -0.446. The average Bonchev–Trinajstić information content (AvgIpc) is 3.40. The van der Waals surface area contributed by atoms with Gasteiger partial charge < -0.3 is 16.4 Å². The summed E-state index contributed by atoms with van der Waals surface area (Å²) in [5.74, 6) is 0.457. The zero-order valence-corrected chi connectivity index (χ0v) is 24.4. The maximum absolute atomic E-state index is 13.2. The van der Waals surface area contributed by atoms with Crippen LogP contribution in [0.5, 0.6) is 0 Å². The van der Waals surface area contributed by atoms with Crippen LogP contribution in [0, 0.1) is 6.92 Å². The average molecular weight is 576 g/mol. The Morgan fingerprint density at radius 1 is 0.884 bits per heavy atom. The number of aryl methyl sites for hydroxylation is 1. The molecule has 3 amide bonds. The Balaban J connectivity index is 1.36. The van der Waals surface area contributed by atoms with E-state index in [1.165, 1.54) is 0 Å². The monoisotopic (exact) mass is 575 g/mol. The van der Waals surface area contributed by atoms with E-state index < -0.39 is 11.9 Å². The minimum Gasteiger partial charge on any atom is -0.369 e. The van der Waals surface area contributed by atoms with Gasteiger partial charge in [-0.25, -0.2) is 19.4 Å². The summed E-state index contributed by atoms with van der Waals surface area (Å²) in [5, 5.41) is 13.8. The van der Waals surface area contributed by atoms with Crippen molar-refractivity contribution in [3.63, 3.8) is 0 Å². The predicted octanol–water partition coefficient (Wildman–Crippen LogP) is 5.75. The summed E-state index contributed by atoms with van der Waals surface area (Å²) in [6.45, 7) is 8.09. The lowest BCUT2D eigenvalue weighted by molar-refractivity contribution is -0.117. The topological polar surface area (TPSA) is 153 Å². The number of rotatable bonds is 8. The summed E-state index contributed by atoms with van der Waals surface area (Å²) in [5.41, 5.74) is 11.0. The minimum absolute atomic E-state index is 0.104. The van der Waals surface area contributed by atoms with Gasteiger partial charge in [0.1, 0.15) is 5.82 Å². The number of aromatic nitrogens is 5. The number of nitrogens with one attached hydrogen (secondary N) is 3. The zero-order chi connectivity index (χ0) is 30.6. The van der Waals surface area contributed by atoms with Crippen molar-refractivity contribution in [3.05, 3.63) is 102 Å². The standard InChI is InChI=1S/C32H33N9O2/c1-20-11-12-22(18-26(20)38-30-35-15-13-25(37-30)24-10-5-6-14-34-24)36-31(43)39-29-19-27(32(2,3)4)40-41(29)23-9-7-8-21(16-23)17-28(33)42/h5-16,18-19H,17H2,1-4H3,(H2,33,42)(H,35,37,38)(H2,36,39,43). The Bertz CT molecular complexity index is 1780. The van der Waals surface area contributed by atoms with Crippen LogP contribution in [0.3, 0.4) is 0 Å². The van der Waals surface area contributed by atoms with Crippen LogP contribution < -0.4 is 21.7 Å². The summed E-state index contributed by atoms with van der Waals surface area (Å²) in [6, 6.07) is 21.7. The second-order valence-electron chi connectivity index (χ2n) is 11.1. The smallest absolute Gasteiger partial charge is 0.324 e. The van der Waals surface area contributed by atoms with E-state index in [1.807, 2.05) is 94.4 Å². The Labute approximate surface area is 249 Å². The Morgan fingerprint density at radius 2 is 1.72 bits per heavy atom. The number of benzene rings is 2. The van der Waals surface area contributed by atoms with E-state index in [1.54, 1.807) is 23.1 Å². The number of pyridine rings is 1. The third-order valence-electron chi connectivity index (χ3n) is 6.58. The number of amides is 3. The summed E-state index contributed by atoms with van der Waals surface area (Å²) in [7, 11) is 0. The van der Waals surface area contributed by atoms with E-state index in [9.17, 15) is 9.59 Å². The van der Waals surface area contributed by atoms with Gasteiger partial charge in [-0.15, -0.1) is 0 Å². The fraction of sp³-hybridized carbons (Fsp3) is 0.188. The molecule has 11 nitrogen and oxygen atoms in total. The molecule has 3 heterocycles. The van der Waals surface area contributed by atoms with Crippen LogP contribution >= 0.6 is 0 Å².